The van der Waals surface area contributed by atoms with Crippen molar-refractivity contribution in [1.82, 2.24) is 5.32 Å². The molecule has 8 heteroatoms. The summed E-state index contributed by atoms with van der Waals surface area (Å²) in [6.45, 7) is 2.05. The zero-order valence-electron chi connectivity index (χ0n) is 12.8. The van der Waals surface area contributed by atoms with E-state index in [9.17, 15) is 24.8 Å². The molecule has 0 aromatic heterocycles. The molecule has 1 amide bonds. The van der Waals surface area contributed by atoms with Crippen molar-refractivity contribution >= 4 is 33.3 Å². The van der Waals surface area contributed by atoms with Crippen LogP contribution in [0.4, 0.5) is 5.69 Å². The Morgan fingerprint density at radius 2 is 2.00 bits per heavy atom. The molecule has 1 rings (SSSR count). The van der Waals surface area contributed by atoms with Crippen molar-refractivity contribution < 1.29 is 19.6 Å². The number of amides is 1. The van der Waals surface area contributed by atoms with Crippen molar-refractivity contribution in [2.45, 2.75) is 39.0 Å². The second kappa shape index (κ2) is 9.24. The fourth-order valence-electron chi connectivity index (χ4n) is 2.03. The van der Waals surface area contributed by atoms with E-state index in [1.54, 1.807) is 6.92 Å². The molecule has 0 unspecified atom stereocenters. The lowest BCUT2D eigenvalue weighted by Crippen LogP contribution is -2.26. The van der Waals surface area contributed by atoms with Gasteiger partial charge in [-0.3, -0.25) is 14.9 Å². The lowest BCUT2D eigenvalue weighted by molar-refractivity contribution is -0.386. The third kappa shape index (κ3) is 6.77. The Balaban J connectivity index is 2.45. The molecule has 0 radical (unpaired) electrons. The summed E-state index contributed by atoms with van der Waals surface area (Å²) in [5.41, 5.74) is 0.00172. The number of unbranched alkanes of at least 4 members (excludes halogenated alkanes) is 2. The summed E-state index contributed by atoms with van der Waals surface area (Å²) in [7, 11) is 0. The molecule has 0 bridgehead atoms. The van der Waals surface area contributed by atoms with Crippen LogP contribution in [-0.2, 0) is 16.0 Å². The molecule has 0 heterocycles. The molecule has 1 aromatic rings. The summed E-state index contributed by atoms with van der Waals surface area (Å²) in [5.74, 6) is -0.540. The summed E-state index contributed by atoms with van der Waals surface area (Å²) in [4.78, 5) is 32.7. The van der Waals surface area contributed by atoms with Crippen LogP contribution in [0, 0.1) is 10.1 Å². The summed E-state index contributed by atoms with van der Waals surface area (Å²) >= 11 is 3.03. The largest absolute Gasteiger partial charge is 0.501 e. The minimum atomic E-state index is -0.698. The molecular formula is C15H19BrN2O5. The van der Waals surface area contributed by atoms with Gasteiger partial charge in [-0.25, -0.2) is 0 Å². The third-order valence-electron chi connectivity index (χ3n) is 3.19. The lowest BCUT2D eigenvalue weighted by Gasteiger charge is -2.07. The summed E-state index contributed by atoms with van der Waals surface area (Å²) in [6, 6.07) is 2.67. The van der Waals surface area contributed by atoms with E-state index in [4.69, 9.17) is 0 Å². The molecule has 0 saturated carbocycles. The smallest absolute Gasteiger partial charge is 0.312 e. The number of phenols is 1. The Morgan fingerprint density at radius 3 is 2.61 bits per heavy atom. The van der Waals surface area contributed by atoms with E-state index in [1.807, 2.05) is 0 Å². The third-order valence-corrected chi connectivity index (χ3v) is 3.80. The van der Waals surface area contributed by atoms with Gasteiger partial charge in [0.25, 0.3) is 0 Å². The number of carbonyl (C=O) groups excluding carboxylic acids is 2. The van der Waals surface area contributed by atoms with E-state index in [-0.39, 0.29) is 22.6 Å². The van der Waals surface area contributed by atoms with Gasteiger partial charge in [-0.05, 0) is 47.3 Å². The number of carbonyl (C=O) groups is 2. The van der Waals surface area contributed by atoms with Crippen LogP contribution in [-0.4, -0.2) is 28.3 Å². The highest BCUT2D eigenvalue weighted by molar-refractivity contribution is 9.10. The van der Waals surface area contributed by atoms with Gasteiger partial charge in [-0.1, -0.05) is 6.42 Å². The summed E-state index contributed by atoms with van der Waals surface area (Å²) < 4.78 is 0.179. The average molecular weight is 387 g/mol. The van der Waals surface area contributed by atoms with Gasteiger partial charge in [-0.15, -0.1) is 0 Å². The number of phenolic OH excluding ortho intramolecular Hbond substituents is 1. The van der Waals surface area contributed by atoms with Gasteiger partial charge in [-0.2, -0.15) is 0 Å². The van der Waals surface area contributed by atoms with Gasteiger partial charge in [0.1, 0.15) is 5.78 Å². The van der Waals surface area contributed by atoms with Crippen LogP contribution in [0.3, 0.4) is 0 Å². The fraction of sp³-hybridized carbons (Fsp3) is 0.467. The number of benzene rings is 1. The first-order valence-electron chi connectivity index (χ1n) is 7.23. The topological polar surface area (TPSA) is 110 Å². The van der Waals surface area contributed by atoms with Gasteiger partial charge in [0.05, 0.1) is 15.8 Å². The quantitative estimate of drug-likeness (QED) is 0.385. The Bertz CT molecular complexity index is 604. The van der Waals surface area contributed by atoms with Crippen LogP contribution in [0.15, 0.2) is 16.6 Å². The van der Waals surface area contributed by atoms with Crippen LogP contribution in [0.2, 0.25) is 0 Å². The van der Waals surface area contributed by atoms with Crippen molar-refractivity contribution in [3.8, 4) is 5.75 Å². The first-order valence-corrected chi connectivity index (χ1v) is 8.02. The predicted octanol–water partition coefficient (Wildman–Crippen LogP) is 2.87. The molecule has 0 aliphatic rings. The molecule has 0 aliphatic carbocycles. The van der Waals surface area contributed by atoms with Crippen LogP contribution >= 0.6 is 15.9 Å². The Hall–Kier alpha value is -1.96. The van der Waals surface area contributed by atoms with Crippen LogP contribution in [0.1, 0.15) is 38.2 Å². The van der Waals surface area contributed by atoms with E-state index in [2.05, 4.69) is 21.2 Å². The van der Waals surface area contributed by atoms with Crippen molar-refractivity contribution in [2.24, 2.45) is 0 Å². The van der Waals surface area contributed by atoms with Crippen LogP contribution in [0.5, 0.6) is 5.75 Å². The highest BCUT2D eigenvalue weighted by atomic mass is 79.9. The molecule has 0 spiro atoms. The maximum absolute atomic E-state index is 11.8. The molecular weight excluding hydrogens is 368 g/mol. The molecule has 0 atom stereocenters. The zero-order chi connectivity index (χ0) is 17.4. The Morgan fingerprint density at radius 1 is 1.30 bits per heavy atom. The number of Topliss-reactive ketones (excluding diaryl/α,β-unsaturated/α-hetero) is 1. The summed E-state index contributed by atoms with van der Waals surface area (Å²) in [6.07, 6.45) is 2.99. The van der Waals surface area contributed by atoms with E-state index in [1.165, 1.54) is 12.1 Å². The van der Waals surface area contributed by atoms with Gasteiger partial charge in [0.15, 0.2) is 0 Å². The van der Waals surface area contributed by atoms with Crippen molar-refractivity contribution in [2.75, 3.05) is 6.54 Å². The standard InChI is InChI=1S/C15H19BrN2O5/c1-10(19)5-3-2-4-6-17-14(20)9-11-7-12(16)15(21)13(8-11)18(22)23/h7-8,21H,2-6,9H2,1H3,(H,17,20). The highest BCUT2D eigenvalue weighted by Crippen LogP contribution is 2.35. The molecule has 0 aliphatic heterocycles. The van der Waals surface area contributed by atoms with Gasteiger partial charge in [0.2, 0.25) is 11.7 Å². The first kappa shape index (κ1) is 19.1. The number of hydrogen-bond acceptors (Lipinski definition) is 5. The lowest BCUT2D eigenvalue weighted by atomic mass is 10.1. The van der Waals surface area contributed by atoms with Gasteiger partial charge < -0.3 is 15.2 Å². The number of nitrogens with zero attached hydrogens (tertiary/aromatic N) is 1. The molecule has 23 heavy (non-hydrogen) atoms. The molecule has 0 saturated heterocycles. The second-order valence-electron chi connectivity index (χ2n) is 5.24. The van der Waals surface area contributed by atoms with Gasteiger partial charge in [0, 0.05) is 19.0 Å². The minimum absolute atomic E-state index is 0.00678. The van der Waals surface area contributed by atoms with Crippen molar-refractivity contribution in [3.63, 3.8) is 0 Å². The first-order chi connectivity index (χ1) is 10.8. The van der Waals surface area contributed by atoms with E-state index < -0.39 is 16.4 Å². The van der Waals surface area contributed by atoms with Crippen molar-refractivity contribution in [1.29, 1.82) is 0 Å². The Labute approximate surface area is 142 Å². The zero-order valence-corrected chi connectivity index (χ0v) is 14.4. The maximum Gasteiger partial charge on any atom is 0.312 e. The molecule has 1 aromatic carbocycles. The number of hydrogen-bond donors (Lipinski definition) is 2. The number of ketones is 1. The number of nitrogens with one attached hydrogen (secondary N) is 1. The number of halogens is 1. The number of nitro benzene ring substituents is 1. The minimum Gasteiger partial charge on any atom is -0.501 e. The fourth-order valence-corrected chi connectivity index (χ4v) is 2.53. The van der Waals surface area contributed by atoms with Crippen LogP contribution in [0.25, 0.3) is 0 Å². The number of aromatic hydroxyl groups is 1. The summed E-state index contributed by atoms with van der Waals surface area (Å²) in [5, 5.41) is 23.1. The van der Waals surface area contributed by atoms with E-state index in [0.717, 1.165) is 19.3 Å². The number of nitro groups is 1. The highest BCUT2D eigenvalue weighted by Gasteiger charge is 2.18. The molecule has 7 nitrogen and oxygen atoms in total. The normalized spacial score (nSPS) is 10.3. The van der Waals surface area contributed by atoms with E-state index in [0.29, 0.717) is 18.5 Å². The van der Waals surface area contributed by atoms with E-state index >= 15 is 0 Å². The van der Waals surface area contributed by atoms with Crippen LogP contribution < -0.4 is 5.32 Å². The van der Waals surface area contributed by atoms with Crippen molar-refractivity contribution in [3.05, 3.63) is 32.3 Å². The molecule has 2 N–H and O–H groups in total. The molecule has 0 fully saturated rings. The monoisotopic (exact) mass is 386 g/mol. The second-order valence-corrected chi connectivity index (χ2v) is 6.10. The maximum atomic E-state index is 11.8. The predicted molar refractivity (Wildman–Crippen MR) is 88.3 cm³/mol. The van der Waals surface area contributed by atoms with Gasteiger partial charge >= 0.3 is 5.69 Å². The SMILES string of the molecule is CC(=O)CCCCCNC(=O)Cc1cc(Br)c(O)c([N+](=O)[O-])c1. The molecule has 126 valence electrons. The number of rotatable bonds is 9. The Kier molecular flexibility index (Phi) is 7.67. The average Bonchev–Trinajstić information content (AvgIpc) is 2.45.